The Morgan fingerprint density at radius 2 is 1.68 bits per heavy atom. The lowest BCUT2D eigenvalue weighted by Crippen LogP contribution is -2.04. The SMILES string of the molecule is COc1cc([C@H](C#N)c2ccc(Cl)nn2)cc(OC)c1OC. The molecule has 0 unspecified atom stereocenters. The van der Waals surface area contributed by atoms with Gasteiger partial charge >= 0.3 is 0 Å². The average molecular weight is 320 g/mol. The third kappa shape index (κ3) is 3.05. The van der Waals surface area contributed by atoms with Crippen LogP contribution < -0.4 is 14.2 Å². The molecule has 0 fully saturated rings. The van der Waals surface area contributed by atoms with Crippen molar-refractivity contribution in [2.75, 3.05) is 21.3 Å². The number of methoxy groups -OCH3 is 3. The van der Waals surface area contributed by atoms with Crippen LogP contribution in [-0.4, -0.2) is 31.5 Å². The number of nitrogens with zero attached hydrogens (tertiary/aromatic N) is 3. The molecule has 0 radical (unpaired) electrons. The number of aromatic nitrogens is 2. The summed E-state index contributed by atoms with van der Waals surface area (Å²) in [5.41, 5.74) is 1.15. The van der Waals surface area contributed by atoms with Gasteiger partial charge in [0.15, 0.2) is 16.7 Å². The Morgan fingerprint density at radius 1 is 1.05 bits per heavy atom. The summed E-state index contributed by atoms with van der Waals surface area (Å²) in [6.07, 6.45) is 0. The summed E-state index contributed by atoms with van der Waals surface area (Å²) >= 11 is 5.73. The first-order valence-corrected chi connectivity index (χ1v) is 6.71. The number of hydrogen-bond acceptors (Lipinski definition) is 6. The zero-order valence-corrected chi connectivity index (χ0v) is 13.1. The van der Waals surface area contributed by atoms with Crippen molar-refractivity contribution in [3.63, 3.8) is 0 Å². The van der Waals surface area contributed by atoms with Crippen molar-refractivity contribution in [1.82, 2.24) is 10.2 Å². The second-order valence-electron chi connectivity index (χ2n) is 4.30. The van der Waals surface area contributed by atoms with Gasteiger partial charge in [-0.2, -0.15) is 10.4 Å². The molecule has 0 saturated carbocycles. The van der Waals surface area contributed by atoms with E-state index in [9.17, 15) is 5.26 Å². The molecule has 114 valence electrons. The Morgan fingerprint density at radius 3 is 2.09 bits per heavy atom. The number of hydrogen-bond donors (Lipinski definition) is 0. The second kappa shape index (κ2) is 6.96. The molecule has 0 amide bonds. The van der Waals surface area contributed by atoms with Crippen LogP contribution in [0.3, 0.4) is 0 Å². The number of ether oxygens (including phenoxy) is 3. The van der Waals surface area contributed by atoms with Gasteiger partial charge in [0.05, 0.1) is 33.1 Å². The minimum Gasteiger partial charge on any atom is -0.493 e. The molecule has 0 N–H and O–H groups in total. The number of halogens is 1. The Labute approximate surface area is 133 Å². The van der Waals surface area contributed by atoms with Crippen LogP contribution in [0.4, 0.5) is 0 Å². The molecule has 7 heteroatoms. The van der Waals surface area contributed by atoms with Gasteiger partial charge in [-0.3, -0.25) is 0 Å². The zero-order chi connectivity index (χ0) is 16.1. The summed E-state index contributed by atoms with van der Waals surface area (Å²) in [6.45, 7) is 0. The number of rotatable bonds is 5. The third-order valence-corrected chi connectivity index (χ3v) is 3.30. The van der Waals surface area contributed by atoms with Gasteiger partial charge in [0, 0.05) is 0 Å². The molecule has 1 aromatic heterocycles. The van der Waals surface area contributed by atoms with E-state index in [0.29, 0.717) is 28.5 Å². The van der Waals surface area contributed by atoms with Crippen molar-refractivity contribution in [2.24, 2.45) is 0 Å². The normalized spacial score (nSPS) is 11.4. The number of nitriles is 1. The molecule has 0 saturated heterocycles. The summed E-state index contributed by atoms with van der Waals surface area (Å²) in [4.78, 5) is 0. The van der Waals surface area contributed by atoms with Gasteiger partial charge in [0.1, 0.15) is 5.92 Å². The smallest absolute Gasteiger partial charge is 0.203 e. The van der Waals surface area contributed by atoms with E-state index < -0.39 is 5.92 Å². The van der Waals surface area contributed by atoms with Crippen LogP contribution in [0.2, 0.25) is 5.15 Å². The molecule has 22 heavy (non-hydrogen) atoms. The number of benzene rings is 1. The highest BCUT2D eigenvalue weighted by Gasteiger charge is 2.21. The van der Waals surface area contributed by atoms with E-state index in [-0.39, 0.29) is 5.15 Å². The second-order valence-corrected chi connectivity index (χ2v) is 4.69. The summed E-state index contributed by atoms with van der Waals surface area (Å²) < 4.78 is 15.9. The molecular formula is C15H14ClN3O3. The molecule has 0 spiro atoms. The van der Waals surface area contributed by atoms with Crippen molar-refractivity contribution >= 4 is 11.6 Å². The summed E-state index contributed by atoms with van der Waals surface area (Å²) in [6, 6.07) is 8.87. The van der Waals surface area contributed by atoms with Crippen molar-refractivity contribution in [1.29, 1.82) is 5.26 Å². The van der Waals surface area contributed by atoms with Crippen molar-refractivity contribution in [3.8, 4) is 23.3 Å². The average Bonchev–Trinajstić information content (AvgIpc) is 2.56. The highest BCUT2D eigenvalue weighted by atomic mass is 35.5. The minimum atomic E-state index is -0.626. The van der Waals surface area contributed by atoms with Crippen LogP contribution in [0, 0.1) is 11.3 Å². The summed E-state index contributed by atoms with van der Waals surface area (Å²) in [5.74, 6) is 0.782. The highest BCUT2D eigenvalue weighted by Crippen LogP contribution is 2.40. The molecule has 1 heterocycles. The minimum absolute atomic E-state index is 0.269. The first-order chi connectivity index (χ1) is 10.6. The fourth-order valence-corrected chi connectivity index (χ4v) is 2.16. The third-order valence-electron chi connectivity index (χ3n) is 3.10. The Bertz CT molecular complexity index is 673. The van der Waals surface area contributed by atoms with E-state index in [1.54, 1.807) is 24.3 Å². The molecular weight excluding hydrogens is 306 g/mol. The van der Waals surface area contributed by atoms with Crippen molar-refractivity contribution in [2.45, 2.75) is 5.92 Å². The van der Waals surface area contributed by atoms with E-state index in [1.807, 2.05) is 0 Å². The first kappa shape index (κ1) is 15.9. The maximum Gasteiger partial charge on any atom is 0.203 e. The topological polar surface area (TPSA) is 77.3 Å². The van der Waals surface area contributed by atoms with E-state index in [4.69, 9.17) is 25.8 Å². The van der Waals surface area contributed by atoms with Crippen molar-refractivity contribution in [3.05, 3.63) is 40.7 Å². The van der Waals surface area contributed by atoms with Gasteiger partial charge in [-0.05, 0) is 29.8 Å². The lowest BCUT2D eigenvalue weighted by Gasteiger charge is -2.16. The molecule has 0 aliphatic heterocycles. The quantitative estimate of drug-likeness (QED) is 0.843. The zero-order valence-electron chi connectivity index (χ0n) is 12.3. The summed E-state index contributed by atoms with van der Waals surface area (Å²) in [7, 11) is 4.56. The van der Waals surface area contributed by atoms with Crippen LogP contribution >= 0.6 is 11.6 Å². The predicted molar refractivity (Wildman–Crippen MR) is 80.6 cm³/mol. The van der Waals surface area contributed by atoms with Gasteiger partial charge in [-0.1, -0.05) is 11.6 Å². The molecule has 0 aliphatic carbocycles. The summed E-state index contributed by atoms with van der Waals surface area (Å²) in [5, 5.41) is 17.5. The standard InChI is InChI=1S/C15H14ClN3O3/c1-20-12-6-9(7-13(21-2)15(12)22-3)10(8-17)11-4-5-14(16)19-18-11/h4-7,10H,1-3H3/t10-/m0/s1. The molecule has 6 nitrogen and oxygen atoms in total. The van der Waals surface area contributed by atoms with Crippen LogP contribution in [-0.2, 0) is 0 Å². The lowest BCUT2D eigenvalue weighted by atomic mass is 9.96. The Kier molecular flexibility index (Phi) is 5.02. The van der Waals surface area contributed by atoms with Crippen LogP contribution in [0.5, 0.6) is 17.2 Å². The molecule has 0 aliphatic rings. The van der Waals surface area contributed by atoms with Crippen LogP contribution in [0.15, 0.2) is 24.3 Å². The largest absolute Gasteiger partial charge is 0.493 e. The van der Waals surface area contributed by atoms with Crippen LogP contribution in [0.25, 0.3) is 0 Å². The van der Waals surface area contributed by atoms with E-state index >= 15 is 0 Å². The predicted octanol–water partition coefficient (Wildman–Crippen LogP) is 2.81. The van der Waals surface area contributed by atoms with Gasteiger partial charge < -0.3 is 14.2 Å². The molecule has 2 rings (SSSR count). The highest BCUT2D eigenvalue weighted by molar-refractivity contribution is 6.29. The van der Waals surface area contributed by atoms with E-state index in [0.717, 1.165) is 0 Å². The molecule has 2 aromatic rings. The maximum atomic E-state index is 9.49. The van der Waals surface area contributed by atoms with Crippen LogP contribution in [0.1, 0.15) is 17.2 Å². The van der Waals surface area contributed by atoms with Gasteiger partial charge in [-0.15, -0.1) is 5.10 Å². The van der Waals surface area contributed by atoms with Crippen molar-refractivity contribution < 1.29 is 14.2 Å². The molecule has 1 atom stereocenters. The van der Waals surface area contributed by atoms with Gasteiger partial charge in [0.2, 0.25) is 5.75 Å². The Balaban J connectivity index is 2.54. The van der Waals surface area contributed by atoms with Gasteiger partial charge in [-0.25, -0.2) is 0 Å². The molecule has 1 aromatic carbocycles. The molecule has 0 bridgehead atoms. The lowest BCUT2D eigenvalue weighted by molar-refractivity contribution is 0.323. The maximum absolute atomic E-state index is 9.49. The fourth-order valence-electron chi connectivity index (χ4n) is 2.06. The van der Waals surface area contributed by atoms with E-state index in [2.05, 4.69) is 16.3 Å². The van der Waals surface area contributed by atoms with Gasteiger partial charge in [0.25, 0.3) is 0 Å². The first-order valence-electron chi connectivity index (χ1n) is 6.33. The fraction of sp³-hybridized carbons (Fsp3) is 0.267. The monoisotopic (exact) mass is 319 g/mol. The Hall–Kier alpha value is -2.52. The van der Waals surface area contributed by atoms with E-state index in [1.165, 1.54) is 21.3 Å².